The summed E-state index contributed by atoms with van der Waals surface area (Å²) in [5.41, 5.74) is 1.64. The topological polar surface area (TPSA) is 57.5 Å². The summed E-state index contributed by atoms with van der Waals surface area (Å²) in [7, 11) is 1.68. The number of para-hydroxylation sites is 1. The van der Waals surface area contributed by atoms with Gasteiger partial charge in [-0.15, -0.1) is 12.4 Å². The fraction of sp³-hybridized carbons (Fsp3) is 0.533. The van der Waals surface area contributed by atoms with Crippen molar-refractivity contribution >= 4 is 18.1 Å². The summed E-state index contributed by atoms with van der Waals surface area (Å²) in [6.45, 7) is 3.39. The fourth-order valence-electron chi connectivity index (χ4n) is 3.06. The Morgan fingerprint density at radius 1 is 1.52 bits per heavy atom. The van der Waals surface area contributed by atoms with E-state index in [2.05, 4.69) is 16.3 Å². The monoisotopic (exact) mass is 309 g/mol. The molecular weight excluding hydrogens is 290 g/mol. The number of ether oxygens (including phenoxy) is 2. The van der Waals surface area contributed by atoms with Gasteiger partial charge in [0.1, 0.15) is 12.2 Å². The second kappa shape index (κ2) is 6.99. The molecule has 21 heavy (non-hydrogen) atoms. The fourth-order valence-corrected chi connectivity index (χ4v) is 3.06. The van der Waals surface area contributed by atoms with E-state index in [1.54, 1.807) is 7.11 Å². The van der Waals surface area contributed by atoms with Crippen LogP contribution in [0.1, 0.15) is 12.0 Å². The number of methoxy groups -OCH3 is 1. The lowest BCUT2D eigenvalue weighted by atomic mass is 10.1. The van der Waals surface area contributed by atoms with Gasteiger partial charge in [0, 0.05) is 39.2 Å². The average Bonchev–Trinajstić information content (AvgIpc) is 2.63. The summed E-state index contributed by atoms with van der Waals surface area (Å²) >= 11 is 0. The summed E-state index contributed by atoms with van der Waals surface area (Å²) in [4.78, 5) is 2.36. The maximum absolute atomic E-state index is 9.31. The minimum atomic E-state index is -0.0110. The van der Waals surface area contributed by atoms with Crippen molar-refractivity contribution in [3.8, 4) is 11.8 Å². The Bertz CT molecular complexity index is 532. The maximum atomic E-state index is 9.31. The van der Waals surface area contributed by atoms with Crippen LogP contribution in [-0.4, -0.2) is 45.5 Å². The van der Waals surface area contributed by atoms with Crippen LogP contribution in [0.25, 0.3) is 0 Å². The smallest absolute Gasteiger partial charge is 0.160 e. The second-order valence-corrected chi connectivity index (χ2v) is 5.25. The van der Waals surface area contributed by atoms with Gasteiger partial charge < -0.3 is 19.7 Å². The second-order valence-electron chi connectivity index (χ2n) is 5.25. The predicted octanol–water partition coefficient (Wildman–Crippen LogP) is 1.56. The van der Waals surface area contributed by atoms with Crippen LogP contribution in [0, 0.1) is 11.3 Å². The van der Waals surface area contributed by atoms with Crippen molar-refractivity contribution in [3.63, 3.8) is 0 Å². The number of hydrogen-bond acceptors (Lipinski definition) is 5. The zero-order valence-electron chi connectivity index (χ0n) is 12.0. The zero-order valence-corrected chi connectivity index (χ0v) is 12.9. The molecule has 1 N–H and O–H groups in total. The first-order valence-electron chi connectivity index (χ1n) is 6.99. The van der Waals surface area contributed by atoms with Gasteiger partial charge in [0.2, 0.25) is 0 Å². The van der Waals surface area contributed by atoms with Gasteiger partial charge in [0.15, 0.2) is 5.75 Å². The van der Waals surface area contributed by atoms with Gasteiger partial charge in [-0.3, -0.25) is 0 Å². The first-order valence-corrected chi connectivity index (χ1v) is 6.99. The third kappa shape index (κ3) is 3.08. The molecule has 3 rings (SSSR count). The van der Waals surface area contributed by atoms with E-state index in [9.17, 15) is 5.26 Å². The van der Waals surface area contributed by atoms with Crippen LogP contribution in [-0.2, 0) is 4.74 Å². The Kier molecular flexibility index (Phi) is 5.29. The zero-order chi connectivity index (χ0) is 13.9. The highest BCUT2D eigenvalue weighted by Gasteiger charge is 2.33. The van der Waals surface area contributed by atoms with Crippen molar-refractivity contribution in [1.29, 1.82) is 5.26 Å². The minimum absolute atomic E-state index is 0. The molecule has 6 heteroatoms. The van der Waals surface area contributed by atoms with E-state index in [1.165, 1.54) is 0 Å². The lowest BCUT2D eigenvalue weighted by Gasteiger charge is -2.37. The molecule has 1 saturated heterocycles. The van der Waals surface area contributed by atoms with E-state index in [-0.39, 0.29) is 18.5 Å². The van der Waals surface area contributed by atoms with Gasteiger partial charge in [0.25, 0.3) is 0 Å². The highest BCUT2D eigenvalue weighted by Crippen LogP contribution is 2.38. The Labute approximate surface area is 131 Å². The van der Waals surface area contributed by atoms with Gasteiger partial charge in [0.05, 0.1) is 17.9 Å². The highest BCUT2D eigenvalue weighted by molar-refractivity contribution is 5.85. The van der Waals surface area contributed by atoms with Gasteiger partial charge in [-0.05, 0) is 12.1 Å². The van der Waals surface area contributed by atoms with E-state index >= 15 is 0 Å². The van der Waals surface area contributed by atoms with E-state index in [4.69, 9.17) is 9.47 Å². The average molecular weight is 310 g/mol. The highest BCUT2D eigenvalue weighted by atomic mass is 35.5. The Balaban J connectivity index is 0.00000161. The molecule has 2 heterocycles. The third-order valence-electron chi connectivity index (χ3n) is 3.95. The maximum Gasteiger partial charge on any atom is 0.160 e. The quantitative estimate of drug-likeness (QED) is 0.898. The number of nitrogens with zero attached hydrogens (tertiary/aromatic N) is 2. The molecule has 0 unspecified atom stereocenters. The summed E-state index contributed by atoms with van der Waals surface area (Å²) in [5, 5.41) is 12.7. The van der Waals surface area contributed by atoms with E-state index in [1.807, 2.05) is 18.2 Å². The summed E-state index contributed by atoms with van der Waals surface area (Å²) in [5.74, 6) is 0.710. The number of halogens is 1. The molecule has 0 amide bonds. The van der Waals surface area contributed by atoms with Gasteiger partial charge in [-0.1, -0.05) is 6.07 Å². The van der Waals surface area contributed by atoms with Gasteiger partial charge in [-0.2, -0.15) is 5.26 Å². The Hall–Kier alpha value is -1.48. The predicted molar refractivity (Wildman–Crippen MR) is 83.3 cm³/mol. The van der Waals surface area contributed by atoms with Crippen LogP contribution in [0.15, 0.2) is 18.2 Å². The van der Waals surface area contributed by atoms with Crippen LogP contribution in [0.4, 0.5) is 5.69 Å². The number of fused-ring (bicyclic) bond motifs is 3. The lowest BCUT2D eigenvalue weighted by Crippen LogP contribution is -2.52. The first kappa shape index (κ1) is 15.9. The molecule has 1 fully saturated rings. The van der Waals surface area contributed by atoms with Gasteiger partial charge in [-0.25, -0.2) is 0 Å². The van der Waals surface area contributed by atoms with Crippen molar-refractivity contribution in [2.75, 3.05) is 38.3 Å². The standard InChI is InChI=1S/C15H19N3O2.ClH/c1-19-10-13-7-12-9-17-5-6-18(12)14-4-2-3-11(8-16)15(14)20-13;/h2-4,12-13,17H,5-7,9-10H2,1H3;1H/t12-,13+;/m1./s1. The van der Waals surface area contributed by atoms with E-state index < -0.39 is 0 Å². The third-order valence-corrected chi connectivity index (χ3v) is 3.95. The minimum Gasteiger partial charge on any atom is -0.484 e. The van der Waals surface area contributed by atoms with Crippen molar-refractivity contribution in [2.45, 2.75) is 18.6 Å². The normalized spacial score (nSPS) is 23.7. The van der Waals surface area contributed by atoms with Crippen molar-refractivity contribution in [3.05, 3.63) is 23.8 Å². The number of rotatable bonds is 2. The number of nitriles is 1. The summed E-state index contributed by atoms with van der Waals surface area (Å²) < 4.78 is 11.4. The number of piperazine rings is 1. The molecule has 1 aromatic carbocycles. The van der Waals surface area contributed by atoms with Crippen LogP contribution in [0.3, 0.4) is 0 Å². The number of nitrogens with one attached hydrogen (secondary N) is 1. The molecule has 0 aromatic heterocycles. The molecule has 2 atom stereocenters. The molecule has 2 aliphatic rings. The molecule has 0 spiro atoms. The van der Waals surface area contributed by atoms with Crippen molar-refractivity contribution in [2.24, 2.45) is 0 Å². The first-order chi connectivity index (χ1) is 9.83. The largest absolute Gasteiger partial charge is 0.484 e. The molecule has 1 aromatic rings. The summed E-state index contributed by atoms with van der Waals surface area (Å²) in [6, 6.07) is 8.40. The van der Waals surface area contributed by atoms with Gasteiger partial charge >= 0.3 is 0 Å². The SMILES string of the molecule is COC[C@@H]1C[C@@H]2CNCCN2c2cccc(C#N)c2O1.Cl. The molecular formula is C15H20ClN3O2. The molecule has 0 aliphatic carbocycles. The molecule has 5 nitrogen and oxygen atoms in total. The molecule has 0 bridgehead atoms. The number of hydrogen-bond donors (Lipinski definition) is 1. The molecule has 114 valence electrons. The number of benzene rings is 1. The van der Waals surface area contributed by atoms with Crippen LogP contribution in [0.2, 0.25) is 0 Å². The van der Waals surface area contributed by atoms with Crippen molar-refractivity contribution < 1.29 is 9.47 Å². The Morgan fingerprint density at radius 2 is 2.38 bits per heavy atom. The molecule has 0 saturated carbocycles. The van der Waals surface area contributed by atoms with E-state index in [0.717, 1.165) is 31.7 Å². The van der Waals surface area contributed by atoms with Crippen LogP contribution in [0.5, 0.6) is 5.75 Å². The van der Waals surface area contributed by atoms with E-state index in [0.29, 0.717) is 24.0 Å². The van der Waals surface area contributed by atoms with Crippen molar-refractivity contribution in [1.82, 2.24) is 5.32 Å². The number of anilines is 1. The van der Waals surface area contributed by atoms with Crippen LogP contribution < -0.4 is 15.0 Å². The Morgan fingerprint density at radius 3 is 3.14 bits per heavy atom. The molecule has 0 radical (unpaired) electrons. The molecule has 2 aliphatic heterocycles. The van der Waals surface area contributed by atoms with Crippen LogP contribution >= 0.6 is 12.4 Å². The lowest BCUT2D eigenvalue weighted by molar-refractivity contribution is 0.0744. The summed E-state index contributed by atoms with van der Waals surface area (Å²) in [6.07, 6.45) is 0.892.